The molecule has 1 fully saturated rings. The molecule has 3 atom stereocenters. The molecular formula is C8H17NO. The van der Waals surface area contributed by atoms with Gasteiger partial charge in [-0.05, 0) is 26.3 Å². The van der Waals surface area contributed by atoms with Gasteiger partial charge in [0.1, 0.15) is 0 Å². The molecule has 0 aromatic heterocycles. The van der Waals surface area contributed by atoms with Crippen LogP contribution in [0.15, 0.2) is 0 Å². The zero-order chi connectivity index (χ0) is 7.72. The number of aliphatic hydroxyl groups is 1. The minimum atomic E-state index is -0.0776. The van der Waals surface area contributed by atoms with E-state index in [0.717, 1.165) is 13.0 Å². The third kappa shape index (κ3) is 1.32. The van der Waals surface area contributed by atoms with Crippen LogP contribution in [0.5, 0.6) is 0 Å². The van der Waals surface area contributed by atoms with E-state index in [-0.39, 0.29) is 6.10 Å². The topological polar surface area (TPSA) is 23.5 Å². The summed E-state index contributed by atoms with van der Waals surface area (Å²) >= 11 is 0. The Hall–Kier alpha value is -0.0800. The van der Waals surface area contributed by atoms with E-state index in [1.54, 1.807) is 0 Å². The Labute approximate surface area is 62.8 Å². The van der Waals surface area contributed by atoms with Crippen molar-refractivity contribution in [2.45, 2.75) is 32.4 Å². The van der Waals surface area contributed by atoms with Crippen molar-refractivity contribution in [2.24, 2.45) is 5.92 Å². The summed E-state index contributed by atoms with van der Waals surface area (Å²) in [4.78, 5) is 2.30. The maximum Gasteiger partial charge on any atom is 0.0592 e. The summed E-state index contributed by atoms with van der Waals surface area (Å²) in [5.41, 5.74) is 0. The molecule has 0 aromatic rings. The number of hydrogen-bond donors (Lipinski definition) is 1. The van der Waals surface area contributed by atoms with Gasteiger partial charge < -0.3 is 10.0 Å². The maximum atomic E-state index is 9.44. The molecule has 10 heavy (non-hydrogen) atoms. The first kappa shape index (κ1) is 8.02. The third-order valence-electron chi connectivity index (χ3n) is 2.84. The van der Waals surface area contributed by atoms with Gasteiger partial charge in [0.2, 0.25) is 0 Å². The minimum Gasteiger partial charge on any atom is -0.393 e. The molecule has 0 aromatic carbocycles. The molecule has 0 amide bonds. The lowest BCUT2D eigenvalue weighted by Gasteiger charge is -2.38. The van der Waals surface area contributed by atoms with Crippen LogP contribution in [0.3, 0.4) is 0 Å². The molecule has 0 bridgehead atoms. The van der Waals surface area contributed by atoms with Crippen molar-refractivity contribution in [2.75, 3.05) is 13.6 Å². The second kappa shape index (κ2) is 2.89. The summed E-state index contributed by atoms with van der Waals surface area (Å²) < 4.78 is 0. The fourth-order valence-electron chi connectivity index (χ4n) is 1.53. The lowest BCUT2D eigenvalue weighted by atomic mass is 9.90. The fourth-order valence-corrected chi connectivity index (χ4v) is 1.53. The standard InChI is InChI=1S/C8H17NO/c1-6-7(2)9(3)5-4-8(6)10/h6-8,10H,4-5H2,1-3H3/t6-,7-,8+/m1/s1. The molecular weight excluding hydrogens is 126 g/mol. The smallest absolute Gasteiger partial charge is 0.0592 e. The second-order valence-corrected chi connectivity index (χ2v) is 3.44. The van der Waals surface area contributed by atoms with E-state index in [2.05, 4.69) is 25.8 Å². The van der Waals surface area contributed by atoms with E-state index < -0.39 is 0 Å². The van der Waals surface area contributed by atoms with Crippen LogP contribution >= 0.6 is 0 Å². The number of rotatable bonds is 0. The van der Waals surface area contributed by atoms with Gasteiger partial charge >= 0.3 is 0 Å². The molecule has 0 radical (unpaired) electrons. The van der Waals surface area contributed by atoms with Crippen molar-refractivity contribution < 1.29 is 5.11 Å². The predicted octanol–water partition coefficient (Wildman–Crippen LogP) is 0.707. The Morgan fingerprint density at radius 3 is 2.50 bits per heavy atom. The van der Waals surface area contributed by atoms with Gasteiger partial charge in [-0.3, -0.25) is 0 Å². The van der Waals surface area contributed by atoms with E-state index in [9.17, 15) is 5.11 Å². The molecule has 60 valence electrons. The van der Waals surface area contributed by atoms with Crippen LogP contribution in [0.1, 0.15) is 20.3 Å². The summed E-state index contributed by atoms with van der Waals surface area (Å²) in [7, 11) is 2.12. The molecule has 1 aliphatic rings. The van der Waals surface area contributed by atoms with Crippen molar-refractivity contribution in [3.05, 3.63) is 0 Å². The van der Waals surface area contributed by atoms with Gasteiger partial charge in [0.15, 0.2) is 0 Å². The Bertz CT molecular complexity index is 102. The summed E-state index contributed by atoms with van der Waals surface area (Å²) in [6, 6.07) is 0.531. The Morgan fingerprint density at radius 1 is 1.40 bits per heavy atom. The van der Waals surface area contributed by atoms with Gasteiger partial charge in [-0.15, -0.1) is 0 Å². The fraction of sp³-hybridized carbons (Fsp3) is 1.00. The molecule has 0 saturated carbocycles. The van der Waals surface area contributed by atoms with E-state index in [1.165, 1.54) is 0 Å². The molecule has 1 N–H and O–H groups in total. The van der Waals surface area contributed by atoms with Crippen LogP contribution in [0.2, 0.25) is 0 Å². The summed E-state index contributed by atoms with van der Waals surface area (Å²) in [5, 5.41) is 9.44. The van der Waals surface area contributed by atoms with Crippen LogP contribution in [-0.2, 0) is 0 Å². The molecule has 1 rings (SSSR count). The first-order chi connectivity index (χ1) is 4.63. The van der Waals surface area contributed by atoms with E-state index in [4.69, 9.17) is 0 Å². The lowest BCUT2D eigenvalue weighted by molar-refractivity contribution is 0.0102. The largest absolute Gasteiger partial charge is 0.393 e. The van der Waals surface area contributed by atoms with Crippen molar-refractivity contribution in [1.82, 2.24) is 4.90 Å². The van der Waals surface area contributed by atoms with Gasteiger partial charge in [-0.1, -0.05) is 6.92 Å². The number of hydrogen-bond acceptors (Lipinski definition) is 2. The van der Waals surface area contributed by atoms with Gasteiger partial charge in [-0.2, -0.15) is 0 Å². The molecule has 2 nitrogen and oxygen atoms in total. The highest BCUT2D eigenvalue weighted by Crippen LogP contribution is 2.21. The average Bonchev–Trinajstić information content (AvgIpc) is 1.93. The normalized spacial score (nSPS) is 43.8. The monoisotopic (exact) mass is 143 g/mol. The minimum absolute atomic E-state index is 0.0776. The number of nitrogens with zero attached hydrogens (tertiary/aromatic N) is 1. The van der Waals surface area contributed by atoms with Crippen molar-refractivity contribution in [1.29, 1.82) is 0 Å². The van der Waals surface area contributed by atoms with Crippen LogP contribution in [0, 0.1) is 5.92 Å². The Kier molecular flexibility index (Phi) is 2.32. The highest BCUT2D eigenvalue weighted by molar-refractivity contribution is 4.82. The van der Waals surface area contributed by atoms with Crippen molar-refractivity contribution in [3.63, 3.8) is 0 Å². The van der Waals surface area contributed by atoms with E-state index >= 15 is 0 Å². The molecule has 0 unspecified atom stereocenters. The third-order valence-corrected chi connectivity index (χ3v) is 2.84. The van der Waals surface area contributed by atoms with Gasteiger partial charge in [0.25, 0.3) is 0 Å². The van der Waals surface area contributed by atoms with Crippen LogP contribution < -0.4 is 0 Å². The maximum absolute atomic E-state index is 9.44. The van der Waals surface area contributed by atoms with E-state index in [0.29, 0.717) is 12.0 Å². The van der Waals surface area contributed by atoms with Gasteiger partial charge in [-0.25, -0.2) is 0 Å². The highest BCUT2D eigenvalue weighted by atomic mass is 16.3. The first-order valence-electron chi connectivity index (χ1n) is 4.01. The molecule has 1 heterocycles. The Morgan fingerprint density at radius 2 is 2.00 bits per heavy atom. The molecule has 1 aliphatic heterocycles. The molecule has 0 spiro atoms. The lowest BCUT2D eigenvalue weighted by Crippen LogP contribution is -2.46. The van der Waals surface area contributed by atoms with E-state index in [1.807, 2.05) is 0 Å². The van der Waals surface area contributed by atoms with Crippen LogP contribution in [0.25, 0.3) is 0 Å². The molecule has 2 heteroatoms. The number of piperidine rings is 1. The first-order valence-corrected chi connectivity index (χ1v) is 4.01. The summed E-state index contributed by atoms with van der Waals surface area (Å²) in [6.45, 7) is 5.32. The predicted molar refractivity (Wildman–Crippen MR) is 41.9 cm³/mol. The van der Waals surface area contributed by atoms with Crippen LogP contribution in [-0.4, -0.2) is 35.7 Å². The van der Waals surface area contributed by atoms with Crippen molar-refractivity contribution >= 4 is 0 Å². The van der Waals surface area contributed by atoms with Gasteiger partial charge in [0, 0.05) is 12.6 Å². The Balaban J connectivity index is 2.52. The quantitative estimate of drug-likeness (QED) is 0.540. The number of likely N-dealkylation sites (tertiary alicyclic amines) is 1. The molecule has 1 saturated heterocycles. The zero-order valence-electron chi connectivity index (χ0n) is 7.04. The SMILES string of the molecule is C[C@@H]1[C@@H](C)N(C)CC[C@@H]1O. The highest BCUT2D eigenvalue weighted by Gasteiger charge is 2.28. The summed E-state index contributed by atoms with van der Waals surface area (Å²) in [5.74, 6) is 0.429. The second-order valence-electron chi connectivity index (χ2n) is 3.44. The van der Waals surface area contributed by atoms with Gasteiger partial charge in [0.05, 0.1) is 6.10 Å². The molecule has 0 aliphatic carbocycles. The van der Waals surface area contributed by atoms with Crippen LogP contribution in [0.4, 0.5) is 0 Å². The summed E-state index contributed by atoms with van der Waals surface area (Å²) in [6.07, 6.45) is 0.855. The average molecular weight is 143 g/mol. The zero-order valence-corrected chi connectivity index (χ0v) is 7.04. The number of aliphatic hydroxyl groups excluding tert-OH is 1. The van der Waals surface area contributed by atoms with Crippen molar-refractivity contribution in [3.8, 4) is 0 Å².